The molecule has 1 aromatic carbocycles. The van der Waals surface area contributed by atoms with Crippen LogP contribution in [0.4, 0.5) is 0 Å². The van der Waals surface area contributed by atoms with Crippen LogP contribution in [0.15, 0.2) is 30.3 Å². The maximum absolute atomic E-state index is 12.8. The van der Waals surface area contributed by atoms with E-state index in [9.17, 15) is 4.79 Å². The second kappa shape index (κ2) is 5.62. The van der Waals surface area contributed by atoms with Crippen LogP contribution in [0.1, 0.15) is 37.7 Å². The topological polar surface area (TPSA) is 17.1 Å². The highest BCUT2D eigenvalue weighted by molar-refractivity contribution is 7.98. The van der Waals surface area contributed by atoms with E-state index >= 15 is 0 Å². The summed E-state index contributed by atoms with van der Waals surface area (Å²) in [6.07, 6.45) is 4.12. The third-order valence-electron chi connectivity index (χ3n) is 4.59. The van der Waals surface area contributed by atoms with Crippen molar-refractivity contribution in [1.29, 1.82) is 0 Å². The number of hydrogen-bond donors (Lipinski definition) is 0. The molecule has 0 amide bonds. The molecule has 0 spiro atoms. The molecular formula is C18H18OS2. The minimum absolute atomic E-state index is 0.188. The highest BCUT2D eigenvalue weighted by atomic mass is 32.2. The number of benzene rings is 1. The Labute approximate surface area is 133 Å². The fourth-order valence-electron chi connectivity index (χ4n) is 3.39. The standard InChI is InChI=1S/C18H18OS2/c19-18(17-10-15-11-20-8-7-16(15)21-17)14-6-5-12-3-1-2-4-13(12)9-14/h1-4,10,14H,5-9,11H2. The van der Waals surface area contributed by atoms with Gasteiger partial charge in [0.1, 0.15) is 0 Å². The number of hydrogen-bond acceptors (Lipinski definition) is 3. The van der Waals surface area contributed by atoms with Crippen LogP contribution < -0.4 is 0 Å². The Morgan fingerprint density at radius 1 is 1.10 bits per heavy atom. The molecule has 0 N–H and O–H groups in total. The molecule has 1 aliphatic heterocycles. The lowest BCUT2D eigenvalue weighted by Crippen LogP contribution is -2.22. The number of fused-ring (bicyclic) bond motifs is 2. The van der Waals surface area contributed by atoms with Crippen molar-refractivity contribution >= 4 is 28.9 Å². The SMILES string of the molecule is O=C(c1cc2c(s1)CCSC2)C1CCc2ccccc2C1. The molecule has 4 rings (SSSR count). The first-order valence-electron chi connectivity index (χ1n) is 7.61. The first-order chi connectivity index (χ1) is 10.3. The molecule has 0 saturated carbocycles. The van der Waals surface area contributed by atoms with Gasteiger partial charge < -0.3 is 0 Å². The summed E-state index contributed by atoms with van der Waals surface area (Å²) in [6, 6.07) is 10.8. The first-order valence-corrected chi connectivity index (χ1v) is 9.59. The zero-order valence-corrected chi connectivity index (χ0v) is 13.6. The Kier molecular flexibility index (Phi) is 3.64. The Balaban J connectivity index is 1.57. The molecule has 0 fully saturated rings. The second-order valence-corrected chi connectivity index (χ2v) is 8.18. The largest absolute Gasteiger partial charge is 0.293 e. The predicted octanol–water partition coefficient (Wildman–Crippen LogP) is 4.53. The van der Waals surface area contributed by atoms with Crippen molar-refractivity contribution in [3.8, 4) is 0 Å². The molecule has 0 bridgehead atoms. The Bertz CT molecular complexity index is 663. The molecule has 2 heterocycles. The van der Waals surface area contributed by atoms with Gasteiger partial charge in [0.05, 0.1) is 4.88 Å². The third-order valence-corrected chi connectivity index (χ3v) is 6.85. The lowest BCUT2D eigenvalue weighted by molar-refractivity contribution is 0.0913. The normalized spacial score (nSPS) is 20.7. The maximum Gasteiger partial charge on any atom is 0.176 e. The van der Waals surface area contributed by atoms with Crippen LogP contribution in [0.5, 0.6) is 0 Å². The number of ketones is 1. The van der Waals surface area contributed by atoms with Gasteiger partial charge in [0.2, 0.25) is 0 Å². The monoisotopic (exact) mass is 314 g/mol. The highest BCUT2D eigenvalue weighted by Gasteiger charge is 2.27. The predicted molar refractivity (Wildman–Crippen MR) is 90.5 cm³/mol. The highest BCUT2D eigenvalue weighted by Crippen LogP contribution is 2.35. The van der Waals surface area contributed by atoms with Crippen molar-refractivity contribution < 1.29 is 4.79 Å². The molecule has 1 atom stereocenters. The third kappa shape index (κ3) is 2.58. The average Bonchev–Trinajstić information content (AvgIpc) is 2.97. The van der Waals surface area contributed by atoms with Crippen LogP contribution >= 0.6 is 23.1 Å². The molecule has 21 heavy (non-hydrogen) atoms. The van der Waals surface area contributed by atoms with Gasteiger partial charge in [-0.05, 0) is 54.2 Å². The number of carbonyl (C=O) groups is 1. The minimum Gasteiger partial charge on any atom is -0.293 e. The van der Waals surface area contributed by atoms with Crippen molar-refractivity contribution in [3.63, 3.8) is 0 Å². The van der Waals surface area contributed by atoms with E-state index in [2.05, 4.69) is 30.3 Å². The van der Waals surface area contributed by atoms with Crippen LogP contribution in [-0.4, -0.2) is 11.5 Å². The molecule has 0 saturated heterocycles. The van der Waals surface area contributed by atoms with Crippen LogP contribution in [-0.2, 0) is 25.0 Å². The van der Waals surface area contributed by atoms with Gasteiger partial charge in [-0.1, -0.05) is 24.3 Å². The Morgan fingerprint density at radius 3 is 2.81 bits per heavy atom. The summed E-state index contributed by atoms with van der Waals surface area (Å²) in [5, 5.41) is 0. The zero-order chi connectivity index (χ0) is 14.2. The quantitative estimate of drug-likeness (QED) is 0.758. The number of aryl methyl sites for hydroxylation is 2. The summed E-state index contributed by atoms with van der Waals surface area (Å²) in [5.41, 5.74) is 4.22. The minimum atomic E-state index is 0.188. The van der Waals surface area contributed by atoms with Crippen molar-refractivity contribution in [2.45, 2.75) is 31.4 Å². The van der Waals surface area contributed by atoms with E-state index in [1.807, 2.05) is 11.8 Å². The van der Waals surface area contributed by atoms with Gasteiger partial charge in [0.25, 0.3) is 0 Å². The Hall–Kier alpha value is -1.06. The van der Waals surface area contributed by atoms with Gasteiger partial charge in [-0.25, -0.2) is 0 Å². The zero-order valence-electron chi connectivity index (χ0n) is 11.9. The molecule has 2 aromatic rings. The molecule has 0 radical (unpaired) electrons. The van der Waals surface area contributed by atoms with E-state index in [-0.39, 0.29) is 5.92 Å². The Morgan fingerprint density at radius 2 is 1.95 bits per heavy atom. The van der Waals surface area contributed by atoms with Gasteiger partial charge in [-0.3, -0.25) is 4.79 Å². The van der Waals surface area contributed by atoms with E-state index in [4.69, 9.17) is 0 Å². The van der Waals surface area contributed by atoms with Gasteiger partial charge in [0.15, 0.2) is 5.78 Å². The smallest absolute Gasteiger partial charge is 0.176 e. The molecule has 2 aliphatic rings. The van der Waals surface area contributed by atoms with E-state index in [0.29, 0.717) is 5.78 Å². The fourth-order valence-corrected chi connectivity index (χ4v) is 5.78. The van der Waals surface area contributed by atoms with Crippen LogP contribution in [0, 0.1) is 5.92 Å². The lowest BCUT2D eigenvalue weighted by Gasteiger charge is -2.23. The van der Waals surface area contributed by atoms with Crippen molar-refractivity contribution in [2.75, 3.05) is 5.75 Å². The summed E-state index contributed by atoms with van der Waals surface area (Å²) in [5.74, 6) is 2.87. The molecule has 3 heteroatoms. The summed E-state index contributed by atoms with van der Waals surface area (Å²) >= 11 is 3.74. The second-order valence-electron chi connectivity index (χ2n) is 5.93. The number of thiophene rings is 1. The van der Waals surface area contributed by atoms with Gasteiger partial charge >= 0.3 is 0 Å². The van der Waals surface area contributed by atoms with Gasteiger partial charge in [-0.2, -0.15) is 11.8 Å². The van der Waals surface area contributed by atoms with E-state index in [1.54, 1.807) is 11.3 Å². The van der Waals surface area contributed by atoms with Crippen LogP contribution in [0.3, 0.4) is 0 Å². The van der Waals surface area contributed by atoms with E-state index in [1.165, 1.54) is 27.3 Å². The lowest BCUT2D eigenvalue weighted by atomic mass is 9.81. The summed E-state index contributed by atoms with van der Waals surface area (Å²) in [4.78, 5) is 15.3. The van der Waals surface area contributed by atoms with Gasteiger partial charge in [0, 0.05) is 16.5 Å². The van der Waals surface area contributed by atoms with Crippen LogP contribution in [0.2, 0.25) is 0 Å². The molecule has 108 valence electrons. The van der Waals surface area contributed by atoms with Gasteiger partial charge in [-0.15, -0.1) is 11.3 Å². The molecule has 1 unspecified atom stereocenters. The maximum atomic E-state index is 12.8. The average molecular weight is 314 g/mol. The van der Waals surface area contributed by atoms with Crippen molar-refractivity contribution in [2.24, 2.45) is 5.92 Å². The van der Waals surface area contributed by atoms with Crippen LogP contribution in [0.25, 0.3) is 0 Å². The van der Waals surface area contributed by atoms with E-state index < -0.39 is 0 Å². The molecule has 1 nitrogen and oxygen atoms in total. The molecule has 1 aromatic heterocycles. The number of rotatable bonds is 2. The summed E-state index contributed by atoms with van der Waals surface area (Å²) in [6.45, 7) is 0. The summed E-state index contributed by atoms with van der Waals surface area (Å²) in [7, 11) is 0. The van der Waals surface area contributed by atoms with E-state index in [0.717, 1.165) is 36.3 Å². The van der Waals surface area contributed by atoms with Crippen molar-refractivity contribution in [1.82, 2.24) is 0 Å². The number of carbonyl (C=O) groups excluding carboxylic acids is 1. The number of Topliss-reactive ketones (excluding diaryl/α,β-unsaturated/α-hetero) is 1. The first kappa shape index (κ1) is 13.6. The fraction of sp³-hybridized carbons (Fsp3) is 0.389. The summed E-state index contributed by atoms with van der Waals surface area (Å²) < 4.78 is 0. The molecular weight excluding hydrogens is 296 g/mol. The van der Waals surface area contributed by atoms with Crippen molar-refractivity contribution in [3.05, 3.63) is 56.8 Å². The molecule has 1 aliphatic carbocycles. The number of thioether (sulfide) groups is 1.